The van der Waals surface area contributed by atoms with Crippen molar-refractivity contribution in [2.75, 3.05) is 0 Å². The van der Waals surface area contributed by atoms with Gasteiger partial charge in [0.25, 0.3) is 0 Å². The van der Waals surface area contributed by atoms with Gasteiger partial charge in [0, 0.05) is 5.29 Å². The van der Waals surface area contributed by atoms with Crippen LogP contribution in [0.25, 0.3) is 0 Å². The van der Waals surface area contributed by atoms with E-state index in [-0.39, 0.29) is 11.7 Å². The molecule has 0 atom stereocenters. The molecule has 3 rings (SSSR count). The summed E-state index contributed by atoms with van der Waals surface area (Å²) in [7, 11) is 3.57. The van der Waals surface area contributed by atoms with Crippen LogP contribution in [0.3, 0.4) is 0 Å². The first-order chi connectivity index (χ1) is 11.3. The van der Waals surface area contributed by atoms with E-state index in [1.807, 2.05) is 91.0 Å². The minimum Gasteiger partial charge on any atom is -0.293 e. The lowest BCUT2D eigenvalue weighted by Crippen LogP contribution is -2.22. The van der Waals surface area contributed by atoms with Crippen LogP contribution in [-0.4, -0.2) is 11.1 Å². The van der Waals surface area contributed by atoms with Gasteiger partial charge in [0.2, 0.25) is 0 Å². The Labute approximate surface area is 138 Å². The molecule has 0 spiro atoms. The maximum atomic E-state index is 13.2. The van der Waals surface area contributed by atoms with Gasteiger partial charge in [-0.1, -0.05) is 91.0 Å². The zero-order chi connectivity index (χ0) is 16.1. The number of carbonyl (C=O) groups is 1. The van der Waals surface area contributed by atoms with Crippen molar-refractivity contribution in [3.05, 3.63) is 108 Å². The molecule has 0 aromatic heterocycles. The van der Waals surface area contributed by atoms with Gasteiger partial charge >= 0.3 is 0 Å². The van der Waals surface area contributed by atoms with Crippen molar-refractivity contribution >= 4 is 19.9 Å². The van der Waals surface area contributed by atoms with Gasteiger partial charge in [0.05, 0.1) is 5.92 Å². The SMILES string of the molecule is O=C(C(=P)c1ccccc1)C(c1ccccc1)c1ccccc1. The summed E-state index contributed by atoms with van der Waals surface area (Å²) in [5.41, 5.74) is 2.89. The average Bonchev–Trinajstić information content (AvgIpc) is 2.64. The predicted octanol–water partition coefficient (Wildman–Crippen LogP) is 4.75. The van der Waals surface area contributed by atoms with Crippen molar-refractivity contribution in [1.82, 2.24) is 0 Å². The molecule has 112 valence electrons. The van der Waals surface area contributed by atoms with Crippen LogP contribution in [0.15, 0.2) is 91.0 Å². The Kier molecular flexibility index (Phi) is 4.80. The van der Waals surface area contributed by atoms with Gasteiger partial charge in [-0.3, -0.25) is 4.79 Å². The second-order valence-electron chi connectivity index (χ2n) is 5.36. The molecule has 1 nitrogen and oxygen atoms in total. The molecule has 0 aliphatic rings. The first kappa shape index (κ1) is 15.4. The summed E-state index contributed by atoms with van der Waals surface area (Å²) in [5, 5.41) is 0.600. The molecule has 0 bridgehead atoms. The van der Waals surface area contributed by atoms with Crippen molar-refractivity contribution in [1.29, 1.82) is 0 Å². The predicted molar refractivity (Wildman–Crippen MR) is 98.6 cm³/mol. The van der Waals surface area contributed by atoms with Gasteiger partial charge in [-0.05, 0) is 16.7 Å². The highest BCUT2D eigenvalue weighted by Gasteiger charge is 2.25. The molecule has 3 aromatic carbocycles. The number of rotatable bonds is 5. The number of hydrogen-bond donors (Lipinski definition) is 0. The van der Waals surface area contributed by atoms with E-state index < -0.39 is 0 Å². The Balaban J connectivity index is 2.02. The second kappa shape index (κ2) is 7.17. The largest absolute Gasteiger partial charge is 0.293 e. The monoisotopic (exact) mass is 316 g/mol. The van der Waals surface area contributed by atoms with Crippen LogP contribution in [0, 0.1) is 0 Å². The van der Waals surface area contributed by atoms with Crippen molar-refractivity contribution in [2.45, 2.75) is 5.92 Å². The van der Waals surface area contributed by atoms with Crippen LogP contribution in [0.4, 0.5) is 0 Å². The van der Waals surface area contributed by atoms with E-state index >= 15 is 0 Å². The summed E-state index contributed by atoms with van der Waals surface area (Å²) >= 11 is 0. The molecule has 0 saturated carbocycles. The highest BCUT2D eigenvalue weighted by atomic mass is 31.0. The first-order valence-corrected chi connectivity index (χ1v) is 8.05. The van der Waals surface area contributed by atoms with Gasteiger partial charge in [-0.2, -0.15) is 0 Å². The van der Waals surface area contributed by atoms with E-state index in [2.05, 4.69) is 8.86 Å². The van der Waals surface area contributed by atoms with E-state index in [1.54, 1.807) is 0 Å². The van der Waals surface area contributed by atoms with Gasteiger partial charge in [0.15, 0.2) is 5.78 Å². The van der Waals surface area contributed by atoms with E-state index in [0.717, 1.165) is 16.7 Å². The molecule has 0 amide bonds. The molecule has 0 aliphatic carbocycles. The first-order valence-electron chi connectivity index (χ1n) is 7.55. The normalized spacial score (nSPS) is 10.5. The summed E-state index contributed by atoms with van der Waals surface area (Å²) in [6.07, 6.45) is 0. The molecule has 2 heteroatoms. The fraction of sp³-hybridized carbons (Fsp3) is 0.0476. The van der Waals surface area contributed by atoms with E-state index in [0.29, 0.717) is 5.29 Å². The zero-order valence-corrected chi connectivity index (χ0v) is 13.6. The highest BCUT2D eigenvalue weighted by molar-refractivity contribution is 7.27. The third-order valence-electron chi connectivity index (χ3n) is 3.84. The van der Waals surface area contributed by atoms with Crippen molar-refractivity contribution in [3.63, 3.8) is 0 Å². The van der Waals surface area contributed by atoms with E-state index in [1.165, 1.54) is 0 Å². The second-order valence-corrected chi connectivity index (χ2v) is 5.86. The Bertz CT molecular complexity index is 756. The molecule has 23 heavy (non-hydrogen) atoms. The molecular weight excluding hydrogens is 299 g/mol. The molecule has 0 fully saturated rings. The third kappa shape index (κ3) is 3.47. The van der Waals surface area contributed by atoms with E-state index in [4.69, 9.17) is 0 Å². The summed E-state index contributed by atoms with van der Waals surface area (Å²) in [6, 6.07) is 29.5. The van der Waals surface area contributed by atoms with Crippen LogP contribution < -0.4 is 0 Å². The molecule has 0 aliphatic heterocycles. The van der Waals surface area contributed by atoms with Gasteiger partial charge in [-0.25, -0.2) is 0 Å². The number of Topliss-reactive ketones (excluding diaryl/α,β-unsaturated/α-hetero) is 1. The third-order valence-corrected chi connectivity index (χ3v) is 4.37. The standard InChI is InChI=1S/C21H17OP/c22-20(21(23)18-14-8-3-9-15-18)19(16-10-4-1-5-11-16)17-12-6-2-7-13-17/h1-15,19,23H. The van der Waals surface area contributed by atoms with Crippen molar-refractivity contribution < 1.29 is 4.79 Å². The number of carbonyl (C=O) groups excluding carboxylic acids is 1. The summed E-state index contributed by atoms with van der Waals surface area (Å²) in [4.78, 5) is 13.2. The molecule has 0 unspecified atom stereocenters. The van der Waals surface area contributed by atoms with Crippen molar-refractivity contribution in [3.8, 4) is 0 Å². The Morgan fingerprint density at radius 1 is 0.652 bits per heavy atom. The summed E-state index contributed by atoms with van der Waals surface area (Å²) in [6.45, 7) is 0. The number of ketones is 1. The van der Waals surface area contributed by atoms with Crippen LogP contribution in [-0.2, 0) is 4.79 Å². The minimum absolute atomic E-state index is 0.0604. The van der Waals surface area contributed by atoms with Gasteiger partial charge < -0.3 is 0 Å². The molecule has 0 heterocycles. The number of hydrogen-bond acceptors (Lipinski definition) is 1. The van der Waals surface area contributed by atoms with Crippen LogP contribution in [0.5, 0.6) is 0 Å². The topological polar surface area (TPSA) is 17.1 Å². The molecule has 0 N–H and O–H groups in total. The summed E-state index contributed by atoms with van der Waals surface area (Å²) in [5.74, 6) is -0.254. The minimum atomic E-state index is -0.315. The molecule has 0 saturated heterocycles. The Morgan fingerprint density at radius 2 is 1.04 bits per heavy atom. The fourth-order valence-electron chi connectivity index (χ4n) is 2.68. The highest BCUT2D eigenvalue weighted by Crippen LogP contribution is 2.27. The van der Waals surface area contributed by atoms with Gasteiger partial charge in [0.1, 0.15) is 0 Å². The average molecular weight is 316 g/mol. The lowest BCUT2D eigenvalue weighted by atomic mass is 9.85. The van der Waals surface area contributed by atoms with Crippen molar-refractivity contribution in [2.24, 2.45) is 0 Å². The summed E-state index contributed by atoms with van der Waals surface area (Å²) < 4.78 is 0. The lowest BCUT2D eigenvalue weighted by Gasteiger charge is -2.18. The van der Waals surface area contributed by atoms with Crippen LogP contribution >= 0.6 is 8.86 Å². The molecular formula is C21H17OP. The molecule has 3 aromatic rings. The zero-order valence-electron chi connectivity index (χ0n) is 12.6. The lowest BCUT2D eigenvalue weighted by molar-refractivity contribution is -0.113. The van der Waals surface area contributed by atoms with Crippen LogP contribution in [0.2, 0.25) is 0 Å². The quantitative estimate of drug-likeness (QED) is 0.621. The van der Waals surface area contributed by atoms with Crippen LogP contribution in [0.1, 0.15) is 22.6 Å². The van der Waals surface area contributed by atoms with E-state index in [9.17, 15) is 4.79 Å². The van der Waals surface area contributed by atoms with Gasteiger partial charge in [-0.15, -0.1) is 8.86 Å². The fourth-order valence-corrected chi connectivity index (χ4v) is 2.99. The molecule has 0 radical (unpaired) electrons. The smallest absolute Gasteiger partial charge is 0.179 e. The maximum absolute atomic E-state index is 13.2. The number of benzene rings is 3. The Hall–Kier alpha value is -2.50. The maximum Gasteiger partial charge on any atom is 0.179 e. The Morgan fingerprint density at radius 3 is 1.48 bits per heavy atom.